The molecule has 1 aromatic rings. The van der Waals surface area contributed by atoms with E-state index in [1.54, 1.807) is 19.1 Å². The monoisotopic (exact) mass is 223 g/mol. The maximum Gasteiger partial charge on any atom is 0.215 e. The summed E-state index contributed by atoms with van der Waals surface area (Å²) in [5.74, 6) is 0.397. The third-order valence-electron chi connectivity index (χ3n) is 2.23. The average molecular weight is 223 g/mol. The first-order valence-corrected chi connectivity index (χ1v) is 5.14. The minimum atomic E-state index is -1.07. The summed E-state index contributed by atoms with van der Waals surface area (Å²) in [6.45, 7) is 4.05. The highest BCUT2D eigenvalue weighted by molar-refractivity contribution is 5.80. The molecule has 4 nitrogen and oxygen atoms in total. The minimum Gasteiger partial charge on any atom is -0.496 e. The number of benzene rings is 1. The van der Waals surface area contributed by atoms with Crippen LogP contribution in [0.3, 0.4) is 0 Å². The van der Waals surface area contributed by atoms with Gasteiger partial charge in [0, 0.05) is 5.56 Å². The molecule has 1 unspecified atom stereocenters. The molecule has 0 fully saturated rings. The second-order valence-electron chi connectivity index (χ2n) is 3.45. The molecule has 0 aromatic heterocycles. The summed E-state index contributed by atoms with van der Waals surface area (Å²) in [6, 6.07) is 5.45. The van der Waals surface area contributed by atoms with Gasteiger partial charge in [-0.25, -0.2) is 0 Å². The molecule has 0 radical (unpaired) electrons. The van der Waals surface area contributed by atoms with E-state index in [0.717, 1.165) is 5.56 Å². The summed E-state index contributed by atoms with van der Waals surface area (Å²) in [7, 11) is 1.53. The van der Waals surface area contributed by atoms with Crippen LogP contribution in [0.25, 0.3) is 0 Å². The van der Waals surface area contributed by atoms with Gasteiger partial charge >= 0.3 is 0 Å². The molecule has 88 valence electrons. The molecule has 0 heterocycles. The zero-order chi connectivity index (χ0) is 12.1. The average Bonchev–Trinajstić information content (AvgIpc) is 2.28. The molecule has 0 aliphatic carbocycles. The highest BCUT2D eigenvalue weighted by Gasteiger charge is 2.19. The van der Waals surface area contributed by atoms with Gasteiger partial charge in [-0.3, -0.25) is 5.41 Å². The Labute approximate surface area is 95.3 Å². The number of ether oxygens (including phenoxy) is 2. The number of methoxy groups -OCH3 is 1. The third-order valence-corrected chi connectivity index (χ3v) is 2.23. The maximum atomic E-state index is 9.93. The van der Waals surface area contributed by atoms with Gasteiger partial charge in [0.15, 0.2) is 6.10 Å². The van der Waals surface area contributed by atoms with Crippen molar-refractivity contribution in [2.45, 2.75) is 20.0 Å². The lowest BCUT2D eigenvalue weighted by atomic mass is 10.1. The highest BCUT2D eigenvalue weighted by atomic mass is 16.5. The van der Waals surface area contributed by atoms with Gasteiger partial charge in [0.2, 0.25) is 5.90 Å². The van der Waals surface area contributed by atoms with Gasteiger partial charge < -0.3 is 14.6 Å². The molecule has 2 N–H and O–H groups in total. The summed E-state index contributed by atoms with van der Waals surface area (Å²) >= 11 is 0. The van der Waals surface area contributed by atoms with Crippen molar-refractivity contribution in [3.05, 3.63) is 29.3 Å². The molecule has 0 saturated carbocycles. The molecule has 0 saturated heterocycles. The van der Waals surface area contributed by atoms with Gasteiger partial charge in [-0.2, -0.15) is 0 Å². The Morgan fingerprint density at radius 1 is 1.50 bits per heavy atom. The fourth-order valence-corrected chi connectivity index (χ4v) is 1.44. The van der Waals surface area contributed by atoms with Crippen molar-refractivity contribution in [3.8, 4) is 5.75 Å². The minimum absolute atomic E-state index is 0.161. The molecule has 0 aliphatic heterocycles. The Morgan fingerprint density at radius 2 is 2.19 bits per heavy atom. The van der Waals surface area contributed by atoms with Gasteiger partial charge in [0.05, 0.1) is 13.7 Å². The molecule has 0 aliphatic rings. The zero-order valence-corrected chi connectivity index (χ0v) is 9.78. The van der Waals surface area contributed by atoms with Crippen molar-refractivity contribution >= 4 is 5.90 Å². The summed E-state index contributed by atoms with van der Waals surface area (Å²) in [5.41, 5.74) is 1.56. The molecule has 1 aromatic carbocycles. The first-order chi connectivity index (χ1) is 7.60. The molecule has 1 rings (SSSR count). The number of aliphatic hydroxyl groups is 1. The first kappa shape index (κ1) is 12.5. The van der Waals surface area contributed by atoms with Gasteiger partial charge in [-0.05, 0) is 26.0 Å². The highest BCUT2D eigenvalue weighted by Crippen LogP contribution is 2.27. The number of aliphatic hydroxyl groups excluding tert-OH is 1. The van der Waals surface area contributed by atoms with Crippen LogP contribution in [0.2, 0.25) is 0 Å². The van der Waals surface area contributed by atoms with Crippen LogP contribution < -0.4 is 4.74 Å². The van der Waals surface area contributed by atoms with Crippen molar-refractivity contribution in [1.29, 1.82) is 5.41 Å². The first-order valence-electron chi connectivity index (χ1n) is 5.14. The molecular formula is C12H17NO3. The van der Waals surface area contributed by atoms with Gasteiger partial charge in [-0.15, -0.1) is 0 Å². The fourth-order valence-electron chi connectivity index (χ4n) is 1.44. The van der Waals surface area contributed by atoms with Crippen molar-refractivity contribution < 1.29 is 14.6 Å². The van der Waals surface area contributed by atoms with Crippen LogP contribution in [0.4, 0.5) is 0 Å². The molecule has 0 bridgehead atoms. The van der Waals surface area contributed by atoms with Crippen molar-refractivity contribution in [3.63, 3.8) is 0 Å². The van der Waals surface area contributed by atoms with Crippen LogP contribution in [0.1, 0.15) is 24.2 Å². The normalized spacial score (nSPS) is 12.0. The Bertz CT molecular complexity index is 377. The molecule has 1 atom stereocenters. The second kappa shape index (κ2) is 5.51. The zero-order valence-electron chi connectivity index (χ0n) is 9.78. The molecule has 0 amide bonds. The largest absolute Gasteiger partial charge is 0.496 e. The van der Waals surface area contributed by atoms with Crippen LogP contribution in [0, 0.1) is 12.3 Å². The predicted molar refractivity (Wildman–Crippen MR) is 62.0 cm³/mol. The van der Waals surface area contributed by atoms with Crippen LogP contribution in [0.15, 0.2) is 18.2 Å². The van der Waals surface area contributed by atoms with E-state index < -0.39 is 6.10 Å². The Morgan fingerprint density at radius 3 is 2.75 bits per heavy atom. The third kappa shape index (κ3) is 2.73. The lowest BCUT2D eigenvalue weighted by molar-refractivity contribution is 0.187. The summed E-state index contributed by atoms with van der Waals surface area (Å²) in [6.07, 6.45) is -1.07. The summed E-state index contributed by atoms with van der Waals surface area (Å²) in [4.78, 5) is 0. The maximum absolute atomic E-state index is 9.93. The van der Waals surface area contributed by atoms with Crippen LogP contribution >= 0.6 is 0 Å². The van der Waals surface area contributed by atoms with Crippen LogP contribution in [-0.2, 0) is 4.74 Å². The summed E-state index contributed by atoms with van der Waals surface area (Å²) in [5, 5.41) is 17.5. The number of hydrogen-bond acceptors (Lipinski definition) is 4. The Hall–Kier alpha value is -1.55. The van der Waals surface area contributed by atoms with Gasteiger partial charge in [0.25, 0.3) is 0 Å². The molecule has 4 heteroatoms. The second-order valence-corrected chi connectivity index (χ2v) is 3.45. The van der Waals surface area contributed by atoms with Crippen molar-refractivity contribution in [2.24, 2.45) is 0 Å². The van der Waals surface area contributed by atoms with E-state index >= 15 is 0 Å². The molecule has 0 spiro atoms. The van der Waals surface area contributed by atoms with E-state index in [1.165, 1.54) is 7.11 Å². The van der Waals surface area contributed by atoms with Crippen LogP contribution in [0.5, 0.6) is 5.75 Å². The smallest absolute Gasteiger partial charge is 0.215 e. The molecular weight excluding hydrogens is 206 g/mol. The van der Waals surface area contributed by atoms with E-state index in [2.05, 4.69) is 0 Å². The van der Waals surface area contributed by atoms with Gasteiger partial charge in [-0.1, -0.05) is 11.6 Å². The lowest BCUT2D eigenvalue weighted by Gasteiger charge is -2.16. The van der Waals surface area contributed by atoms with Crippen molar-refractivity contribution in [1.82, 2.24) is 0 Å². The van der Waals surface area contributed by atoms with Crippen LogP contribution in [-0.4, -0.2) is 24.7 Å². The lowest BCUT2D eigenvalue weighted by Crippen LogP contribution is -2.15. The number of aryl methyl sites for hydroxylation is 1. The number of rotatable bonds is 4. The molecule has 16 heavy (non-hydrogen) atoms. The van der Waals surface area contributed by atoms with Crippen molar-refractivity contribution in [2.75, 3.05) is 13.7 Å². The van der Waals surface area contributed by atoms with E-state index in [4.69, 9.17) is 14.9 Å². The predicted octanol–water partition coefficient (Wildman–Crippen LogP) is 2.05. The van der Waals surface area contributed by atoms with E-state index in [1.807, 2.05) is 13.0 Å². The summed E-state index contributed by atoms with van der Waals surface area (Å²) < 4.78 is 10.1. The van der Waals surface area contributed by atoms with E-state index in [0.29, 0.717) is 17.9 Å². The van der Waals surface area contributed by atoms with Gasteiger partial charge in [0.1, 0.15) is 5.75 Å². The topological polar surface area (TPSA) is 62.5 Å². The Balaban J connectivity index is 3.01. The standard InChI is InChI=1S/C12H17NO3/c1-4-16-12(13)11(14)9-7-8(2)5-6-10(9)15-3/h5-7,11,13-14H,4H2,1-3H3. The SMILES string of the molecule is CCOC(=N)C(O)c1cc(C)ccc1OC. The van der Waals surface area contributed by atoms with E-state index in [-0.39, 0.29) is 5.90 Å². The number of nitrogens with one attached hydrogen (secondary N) is 1. The van der Waals surface area contributed by atoms with E-state index in [9.17, 15) is 5.11 Å². The number of hydrogen-bond donors (Lipinski definition) is 2. The fraction of sp³-hybridized carbons (Fsp3) is 0.417. The Kier molecular flexibility index (Phi) is 4.31. The quantitative estimate of drug-likeness (QED) is 0.606.